The van der Waals surface area contributed by atoms with Gasteiger partial charge in [-0.2, -0.15) is 4.79 Å². The van der Waals surface area contributed by atoms with Crippen molar-refractivity contribution < 1.29 is 19.1 Å². The second-order valence-electron chi connectivity index (χ2n) is 6.79. The van der Waals surface area contributed by atoms with Crippen molar-refractivity contribution in [3.8, 4) is 0 Å². The van der Waals surface area contributed by atoms with Gasteiger partial charge in [-0.1, -0.05) is 42.0 Å². The van der Waals surface area contributed by atoms with E-state index in [0.717, 1.165) is 29.8 Å². The van der Waals surface area contributed by atoms with Crippen molar-refractivity contribution in [1.82, 2.24) is 0 Å². The van der Waals surface area contributed by atoms with Crippen LogP contribution in [0.2, 0.25) is 0 Å². The van der Waals surface area contributed by atoms with Crippen LogP contribution in [0.4, 0.5) is 5.69 Å². The molecule has 0 N–H and O–H groups in total. The molecule has 0 spiro atoms. The third kappa shape index (κ3) is 4.02. The lowest BCUT2D eigenvalue weighted by Crippen LogP contribution is -2.39. The monoisotopic (exact) mass is 377 g/mol. The predicted molar refractivity (Wildman–Crippen MR) is 106 cm³/mol. The lowest BCUT2D eigenvalue weighted by molar-refractivity contribution is -0.141. The number of anilines is 1. The summed E-state index contributed by atoms with van der Waals surface area (Å²) in [4.78, 5) is 29.8. The summed E-state index contributed by atoms with van der Waals surface area (Å²) in [5.41, 5.74) is 13.0. The number of esters is 1. The van der Waals surface area contributed by atoms with Crippen LogP contribution < -0.4 is 4.90 Å². The van der Waals surface area contributed by atoms with Gasteiger partial charge in [0.15, 0.2) is 0 Å². The van der Waals surface area contributed by atoms with Gasteiger partial charge in [0.25, 0.3) is 5.78 Å². The highest BCUT2D eigenvalue weighted by Crippen LogP contribution is 2.36. The van der Waals surface area contributed by atoms with E-state index in [1.165, 1.54) is 5.56 Å². The number of ketones is 1. The normalized spacial score (nSPS) is 15.4. The molecule has 0 aliphatic carbocycles. The summed E-state index contributed by atoms with van der Waals surface area (Å²) >= 11 is 0. The Morgan fingerprint density at radius 1 is 1.18 bits per heavy atom. The van der Waals surface area contributed by atoms with E-state index in [1.54, 1.807) is 6.92 Å². The summed E-state index contributed by atoms with van der Waals surface area (Å²) in [6, 6.07) is 15.9. The van der Waals surface area contributed by atoms with E-state index in [2.05, 4.69) is 15.8 Å². The van der Waals surface area contributed by atoms with E-state index in [4.69, 9.17) is 4.74 Å². The van der Waals surface area contributed by atoms with Gasteiger partial charge < -0.3 is 15.2 Å². The van der Waals surface area contributed by atoms with Crippen molar-refractivity contribution in [3.05, 3.63) is 70.8 Å². The van der Waals surface area contributed by atoms with Crippen molar-refractivity contribution in [2.75, 3.05) is 18.1 Å². The average molecular weight is 377 g/mol. The highest BCUT2D eigenvalue weighted by Gasteiger charge is 2.36. The van der Waals surface area contributed by atoms with E-state index < -0.39 is 17.5 Å². The minimum atomic E-state index is -0.902. The highest BCUT2D eigenvalue weighted by molar-refractivity contribution is 6.62. The topological polar surface area (TPSA) is 83.0 Å². The van der Waals surface area contributed by atoms with E-state index in [-0.39, 0.29) is 19.1 Å². The number of hydrogen-bond acceptors (Lipinski definition) is 4. The number of benzene rings is 2. The number of nitrogens with zero attached hydrogens (tertiary/aromatic N) is 3. The van der Waals surface area contributed by atoms with Gasteiger partial charge in [-0.25, -0.2) is 4.79 Å². The van der Waals surface area contributed by atoms with Gasteiger partial charge in [-0.15, -0.1) is 0 Å². The summed E-state index contributed by atoms with van der Waals surface area (Å²) < 4.78 is 4.84. The number of fused-ring (bicyclic) bond motifs is 1. The highest BCUT2D eigenvalue weighted by atomic mass is 16.5. The first-order valence-electron chi connectivity index (χ1n) is 9.38. The zero-order valence-electron chi connectivity index (χ0n) is 16.1. The number of aryl methyl sites for hydroxylation is 1. The van der Waals surface area contributed by atoms with Gasteiger partial charge in [0, 0.05) is 18.7 Å². The first-order chi connectivity index (χ1) is 13.5. The van der Waals surface area contributed by atoms with Crippen LogP contribution in [0.1, 0.15) is 36.1 Å². The number of carbonyl (C=O) groups excluding carboxylic acids is 2. The smallest absolute Gasteiger partial charge is 0.441 e. The summed E-state index contributed by atoms with van der Waals surface area (Å²) in [5, 5.41) is 0. The molecular formula is C22H23N3O3. The molecule has 0 bridgehead atoms. The van der Waals surface area contributed by atoms with E-state index in [0.29, 0.717) is 0 Å². The van der Waals surface area contributed by atoms with Crippen molar-refractivity contribution in [2.24, 2.45) is 0 Å². The molecule has 0 radical (unpaired) electrons. The minimum absolute atomic E-state index is 0.0170. The molecule has 6 heteroatoms. The fourth-order valence-corrected chi connectivity index (χ4v) is 3.60. The number of carbonyl (C=O) groups is 2. The summed E-state index contributed by atoms with van der Waals surface area (Å²) in [5.74, 6) is -1.44. The summed E-state index contributed by atoms with van der Waals surface area (Å²) in [6.45, 7) is 4.52. The maximum Gasteiger partial charge on any atom is 0.441 e. The Morgan fingerprint density at radius 2 is 1.89 bits per heavy atom. The molecule has 1 aliphatic rings. The van der Waals surface area contributed by atoms with Crippen LogP contribution in [0, 0.1) is 6.92 Å². The Morgan fingerprint density at radius 3 is 2.57 bits per heavy atom. The zero-order chi connectivity index (χ0) is 20.1. The number of Topliss-reactive ketones (excluding diaryl/α,β-unsaturated/α-hetero) is 1. The van der Waals surface area contributed by atoms with Crippen molar-refractivity contribution in [3.63, 3.8) is 0 Å². The number of rotatable bonds is 6. The van der Waals surface area contributed by atoms with Gasteiger partial charge in [0.05, 0.1) is 12.6 Å². The van der Waals surface area contributed by atoms with Crippen molar-refractivity contribution in [1.29, 1.82) is 0 Å². The average Bonchev–Trinajstić information content (AvgIpc) is 2.70. The van der Waals surface area contributed by atoms with Crippen molar-refractivity contribution in [2.45, 2.75) is 32.7 Å². The SMILES string of the molecule is CCOC(=O)C(=[N+]=[N-])C(=O)CC1c2ccccc2CCN1c1ccc(C)cc1. The van der Waals surface area contributed by atoms with Crippen LogP contribution in [0.25, 0.3) is 5.53 Å². The second kappa shape index (κ2) is 8.63. The zero-order valence-corrected chi connectivity index (χ0v) is 16.1. The quantitative estimate of drug-likeness (QED) is 0.254. The van der Waals surface area contributed by atoms with Crippen LogP contribution >= 0.6 is 0 Å². The molecule has 28 heavy (non-hydrogen) atoms. The molecule has 0 saturated heterocycles. The van der Waals surface area contributed by atoms with Crippen LogP contribution in [0.15, 0.2) is 48.5 Å². The minimum Gasteiger partial charge on any atom is -0.457 e. The molecule has 1 atom stereocenters. The molecular weight excluding hydrogens is 354 g/mol. The first kappa shape index (κ1) is 19.5. The lowest BCUT2D eigenvalue weighted by Gasteiger charge is -2.38. The molecule has 1 unspecified atom stereocenters. The lowest BCUT2D eigenvalue weighted by atomic mass is 9.88. The number of hydrogen-bond donors (Lipinski definition) is 0. The Kier molecular flexibility index (Phi) is 6.02. The third-order valence-corrected chi connectivity index (χ3v) is 4.99. The van der Waals surface area contributed by atoms with Gasteiger partial charge in [-0.3, -0.25) is 4.79 Å². The molecule has 0 aromatic heterocycles. The van der Waals surface area contributed by atoms with Gasteiger partial charge >= 0.3 is 11.7 Å². The van der Waals surface area contributed by atoms with Crippen LogP contribution in [-0.2, 0) is 20.7 Å². The Balaban J connectivity index is 1.95. The largest absolute Gasteiger partial charge is 0.457 e. The van der Waals surface area contributed by atoms with E-state index >= 15 is 0 Å². The van der Waals surface area contributed by atoms with Gasteiger partial charge in [0.1, 0.15) is 0 Å². The molecule has 0 amide bonds. The maximum absolute atomic E-state index is 12.8. The molecule has 2 aromatic carbocycles. The van der Waals surface area contributed by atoms with Gasteiger partial charge in [-0.05, 0) is 43.5 Å². The molecule has 1 heterocycles. The molecule has 2 aromatic rings. The number of ether oxygens (including phenoxy) is 1. The Hall–Kier alpha value is -3.24. The Bertz CT molecular complexity index is 930. The molecule has 1 aliphatic heterocycles. The third-order valence-electron chi connectivity index (χ3n) is 4.99. The summed E-state index contributed by atoms with van der Waals surface area (Å²) in [6.07, 6.45) is 0.886. The van der Waals surface area contributed by atoms with Crippen LogP contribution in [0.5, 0.6) is 0 Å². The molecule has 0 fully saturated rings. The Labute approximate surface area is 164 Å². The van der Waals surface area contributed by atoms with E-state index in [9.17, 15) is 15.1 Å². The fraction of sp³-hybridized carbons (Fsp3) is 0.318. The van der Waals surface area contributed by atoms with Crippen LogP contribution in [-0.4, -0.2) is 35.4 Å². The molecule has 144 valence electrons. The molecule has 0 saturated carbocycles. The molecule has 6 nitrogen and oxygen atoms in total. The maximum atomic E-state index is 12.8. The van der Waals surface area contributed by atoms with E-state index in [1.807, 2.05) is 49.4 Å². The summed E-state index contributed by atoms with van der Waals surface area (Å²) in [7, 11) is 0. The standard InChI is InChI=1S/C22H23N3O3/c1-3-28-22(27)21(24-23)20(26)14-19-18-7-5-4-6-16(18)12-13-25(19)17-10-8-15(2)9-11-17/h4-11,19H,3,12-14H2,1-2H3. The second-order valence-corrected chi connectivity index (χ2v) is 6.79. The fourth-order valence-electron chi connectivity index (χ4n) is 3.60. The van der Waals surface area contributed by atoms with Gasteiger partial charge in [0.2, 0.25) is 0 Å². The predicted octanol–water partition coefficient (Wildman–Crippen LogP) is 3.29. The van der Waals surface area contributed by atoms with Crippen LogP contribution in [0.3, 0.4) is 0 Å². The molecule has 3 rings (SSSR count). The van der Waals surface area contributed by atoms with Crippen molar-refractivity contribution >= 4 is 23.2 Å². The first-order valence-corrected chi connectivity index (χ1v) is 9.38.